The molecule has 1 aliphatic heterocycles. The van der Waals surface area contributed by atoms with Gasteiger partial charge in [-0.3, -0.25) is 10.9 Å². The van der Waals surface area contributed by atoms with Crippen LogP contribution in [-0.2, 0) is 0 Å². The Morgan fingerprint density at radius 1 is 1.18 bits per heavy atom. The van der Waals surface area contributed by atoms with Crippen molar-refractivity contribution in [3.63, 3.8) is 0 Å². The van der Waals surface area contributed by atoms with Crippen molar-refractivity contribution in [2.75, 3.05) is 6.54 Å². The van der Waals surface area contributed by atoms with Gasteiger partial charge in [0.25, 0.3) is 0 Å². The quantitative estimate of drug-likeness (QED) is 0.549. The van der Waals surface area contributed by atoms with E-state index in [-0.39, 0.29) is 0 Å². The molecule has 0 aromatic rings. The van der Waals surface area contributed by atoms with Crippen molar-refractivity contribution in [3.05, 3.63) is 0 Å². The molecular weight excluding hydrogens is 136 g/mol. The lowest BCUT2D eigenvalue weighted by Gasteiger charge is -2.40. The van der Waals surface area contributed by atoms with Gasteiger partial charge < -0.3 is 0 Å². The summed E-state index contributed by atoms with van der Waals surface area (Å²) in [5.74, 6) is 1.91. The summed E-state index contributed by atoms with van der Waals surface area (Å²) >= 11 is 0. The molecule has 0 aromatic heterocycles. The second-order valence-electron chi connectivity index (χ2n) is 4.02. The number of rotatable bonds is 0. The SMILES string of the molecule is CC1NNCC2CCCCC21. The topological polar surface area (TPSA) is 24.1 Å². The van der Waals surface area contributed by atoms with Crippen molar-refractivity contribution in [1.29, 1.82) is 0 Å². The molecular formula is C9H18N2. The zero-order chi connectivity index (χ0) is 7.68. The first-order chi connectivity index (χ1) is 5.38. The highest BCUT2D eigenvalue weighted by atomic mass is 15.4. The maximum Gasteiger partial charge on any atom is 0.0216 e. The molecule has 1 saturated heterocycles. The van der Waals surface area contributed by atoms with Gasteiger partial charge in [-0.1, -0.05) is 12.8 Å². The van der Waals surface area contributed by atoms with Crippen LogP contribution in [0.25, 0.3) is 0 Å². The van der Waals surface area contributed by atoms with Gasteiger partial charge in [0.15, 0.2) is 0 Å². The second-order valence-corrected chi connectivity index (χ2v) is 4.02. The molecule has 11 heavy (non-hydrogen) atoms. The second kappa shape index (κ2) is 3.11. The first-order valence-corrected chi connectivity index (χ1v) is 4.86. The van der Waals surface area contributed by atoms with Crippen LogP contribution in [0.3, 0.4) is 0 Å². The van der Waals surface area contributed by atoms with E-state index in [1.807, 2.05) is 0 Å². The van der Waals surface area contributed by atoms with Gasteiger partial charge in [-0.15, -0.1) is 0 Å². The molecule has 64 valence electrons. The Kier molecular flexibility index (Phi) is 2.14. The lowest BCUT2D eigenvalue weighted by molar-refractivity contribution is 0.127. The van der Waals surface area contributed by atoms with E-state index in [1.165, 1.54) is 32.2 Å². The summed E-state index contributed by atoms with van der Waals surface area (Å²) in [6, 6.07) is 0.689. The average molecular weight is 154 g/mol. The number of nitrogens with one attached hydrogen (secondary N) is 2. The minimum atomic E-state index is 0.689. The first-order valence-electron chi connectivity index (χ1n) is 4.86. The molecule has 1 heterocycles. The van der Waals surface area contributed by atoms with Gasteiger partial charge in [-0.05, 0) is 31.6 Å². The number of fused-ring (bicyclic) bond motifs is 1. The fraction of sp³-hybridized carbons (Fsp3) is 1.00. The van der Waals surface area contributed by atoms with Gasteiger partial charge >= 0.3 is 0 Å². The Bertz CT molecular complexity index is 134. The highest BCUT2D eigenvalue weighted by molar-refractivity contribution is 4.85. The number of hydrogen-bond acceptors (Lipinski definition) is 2. The predicted octanol–water partition coefficient (Wildman–Crippen LogP) is 1.29. The fourth-order valence-electron chi connectivity index (χ4n) is 2.61. The fourth-order valence-corrected chi connectivity index (χ4v) is 2.61. The predicted molar refractivity (Wildman–Crippen MR) is 46.0 cm³/mol. The molecule has 1 saturated carbocycles. The molecule has 3 atom stereocenters. The third kappa shape index (κ3) is 1.42. The summed E-state index contributed by atoms with van der Waals surface area (Å²) in [6.45, 7) is 3.49. The van der Waals surface area contributed by atoms with Crippen LogP contribution in [-0.4, -0.2) is 12.6 Å². The Labute approximate surface area is 68.7 Å². The summed E-state index contributed by atoms with van der Waals surface area (Å²) in [4.78, 5) is 0. The molecule has 2 aliphatic rings. The van der Waals surface area contributed by atoms with E-state index in [2.05, 4.69) is 17.8 Å². The van der Waals surface area contributed by atoms with Gasteiger partial charge in [0.05, 0.1) is 0 Å². The van der Waals surface area contributed by atoms with Crippen molar-refractivity contribution in [1.82, 2.24) is 10.9 Å². The molecule has 2 nitrogen and oxygen atoms in total. The zero-order valence-electron chi connectivity index (χ0n) is 7.27. The van der Waals surface area contributed by atoms with Crippen molar-refractivity contribution in [3.8, 4) is 0 Å². The van der Waals surface area contributed by atoms with E-state index >= 15 is 0 Å². The molecule has 0 radical (unpaired) electrons. The van der Waals surface area contributed by atoms with Crippen LogP contribution in [0.15, 0.2) is 0 Å². The number of hydrazine groups is 1. The summed E-state index contributed by atoms with van der Waals surface area (Å²) in [5, 5.41) is 0. The number of hydrogen-bond donors (Lipinski definition) is 2. The molecule has 2 fully saturated rings. The molecule has 3 unspecified atom stereocenters. The maximum absolute atomic E-state index is 3.33. The highest BCUT2D eigenvalue weighted by Crippen LogP contribution is 2.33. The van der Waals surface area contributed by atoms with E-state index in [9.17, 15) is 0 Å². The zero-order valence-corrected chi connectivity index (χ0v) is 7.27. The molecule has 1 aliphatic carbocycles. The smallest absolute Gasteiger partial charge is 0.0216 e. The standard InChI is InChI=1S/C9H18N2/c1-7-9-5-3-2-4-8(9)6-10-11-7/h7-11H,2-6H2,1H3. The van der Waals surface area contributed by atoms with Crippen LogP contribution in [0.4, 0.5) is 0 Å². The highest BCUT2D eigenvalue weighted by Gasteiger charge is 2.31. The van der Waals surface area contributed by atoms with Gasteiger partial charge in [0.2, 0.25) is 0 Å². The van der Waals surface area contributed by atoms with Gasteiger partial charge in [0.1, 0.15) is 0 Å². The van der Waals surface area contributed by atoms with Gasteiger partial charge in [-0.2, -0.15) is 0 Å². The first kappa shape index (κ1) is 7.56. The third-order valence-corrected chi connectivity index (χ3v) is 3.30. The minimum Gasteiger partial charge on any atom is -0.257 e. The lowest BCUT2D eigenvalue weighted by atomic mass is 9.75. The van der Waals surface area contributed by atoms with Crippen LogP contribution in [0, 0.1) is 11.8 Å². The van der Waals surface area contributed by atoms with Crippen molar-refractivity contribution >= 4 is 0 Å². The Morgan fingerprint density at radius 2 is 2.00 bits per heavy atom. The van der Waals surface area contributed by atoms with Crippen LogP contribution in [0.5, 0.6) is 0 Å². The van der Waals surface area contributed by atoms with E-state index < -0.39 is 0 Å². The summed E-state index contributed by atoms with van der Waals surface area (Å²) in [5.41, 5.74) is 6.61. The third-order valence-electron chi connectivity index (χ3n) is 3.30. The normalized spacial score (nSPS) is 45.0. The van der Waals surface area contributed by atoms with Crippen LogP contribution in [0.2, 0.25) is 0 Å². The van der Waals surface area contributed by atoms with Crippen LogP contribution < -0.4 is 10.9 Å². The lowest BCUT2D eigenvalue weighted by Crippen LogP contribution is -2.54. The largest absolute Gasteiger partial charge is 0.257 e. The molecule has 0 amide bonds. The van der Waals surface area contributed by atoms with Crippen molar-refractivity contribution < 1.29 is 0 Å². The Hall–Kier alpha value is -0.0800. The molecule has 2 rings (SSSR count). The van der Waals surface area contributed by atoms with Crippen molar-refractivity contribution in [2.45, 2.75) is 38.6 Å². The minimum absolute atomic E-state index is 0.689. The molecule has 2 N–H and O–H groups in total. The van der Waals surface area contributed by atoms with Crippen LogP contribution >= 0.6 is 0 Å². The monoisotopic (exact) mass is 154 g/mol. The van der Waals surface area contributed by atoms with E-state index in [0.29, 0.717) is 6.04 Å². The van der Waals surface area contributed by atoms with E-state index in [1.54, 1.807) is 0 Å². The summed E-state index contributed by atoms with van der Waals surface area (Å²) in [6.07, 6.45) is 5.80. The van der Waals surface area contributed by atoms with Gasteiger partial charge in [-0.25, -0.2) is 0 Å². The average Bonchev–Trinajstić information content (AvgIpc) is 2.06. The van der Waals surface area contributed by atoms with Crippen LogP contribution in [0.1, 0.15) is 32.6 Å². The summed E-state index contributed by atoms with van der Waals surface area (Å²) < 4.78 is 0. The van der Waals surface area contributed by atoms with Crippen molar-refractivity contribution in [2.24, 2.45) is 11.8 Å². The Morgan fingerprint density at radius 3 is 2.82 bits per heavy atom. The van der Waals surface area contributed by atoms with E-state index in [4.69, 9.17) is 0 Å². The Balaban J connectivity index is 1.99. The summed E-state index contributed by atoms with van der Waals surface area (Å²) in [7, 11) is 0. The van der Waals surface area contributed by atoms with E-state index in [0.717, 1.165) is 11.8 Å². The van der Waals surface area contributed by atoms with Gasteiger partial charge in [0, 0.05) is 12.6 Å². The molecule has 0 spiro atoms. The maximum atomic E-state index is 3.33. The molecule has 2 heteroatoms. The molecule has 0 aromatic carbocycles. The molecule has 0 bridgehead atoms.